The second kappa shape index (κ2) is 5.91. The second-order valence-corrected chi connectivity index (χ2v) is 5.22. The summed E-state index contributed by atoms with van der Waals surface area (Å²) in [6, 6.07) is 10.8. The minimum Gasteiger partial charge on any atom is -0.379 e. The molecule has 0 amide bonds. The molecule has 2 rings (SSSR count). The zero-order valence-electron chi connectivity index (χ0n) is 12.3. The predicted molar refractivity (Wildman–Crippen MR) is 80.5 cm³/mol. The lowest BCUT2D eigenvalue weighted by molar-refractivity contribution is 0.623. The molecule has 0 saturated carbocycles. The van der Waals surface area contributed by atoms with Crippen LogP contribution in [-0.2, 0) is 13.1 Å². The van der Waals surface area contributed by atoms with Crippen molar-refractivity contribution in [1.29, 1.82) is 0 Å². The number of nitrogens with one attached hydrogen (secondary N) is 1. The average molecular weight is 257 g/mol. The summed E-state index contributed by atoms with van der Waals surface area (Å²) in [6.45, 7) is 10.3. The van der Waals surface area contributed by atoms with Gasteiger partial charge < -0.3 is 5.32 Å². The molecule has 0 fully saturated rings. The quantitative estimate of drug-likeness (QED) is 0.879. The summed E-state index contributed by atoms with van der Waals surface area (Å²) in [7, 11) is 0. The van der Waals surface area contributed by atoms with Crippen LogP contribution in [-0.4, -0.2) is 9.78 Å². The molecule has 0 spiro atoms. The maximum Gasteiger partial charge on any atom is 0.0597 e. The SMILES string of the molecule is CCn1nc(C)cc1CNc1ccc(C(C)C)cc1. The van der Waals surface area contributed by atoms with Gasteiger partial charge in [0.1, 0.15) is 0 Å². The van der Waals surface area contributed by atoms with Gasteiger partial charge in [0.25, 0.3) is 0 Å². The fraction of sp³-hybridized carbons (Fsp3) is 0.438. The van der Waals surface area contributed by atoms with Crippen LogP contribution in [0.25, 0.3) is 0 Å². The number of aromatic nitrogens is 2. The normalized spacial score (nSPS) is 11.0. The molecule has 0 bridgehead atoms. The smallest absolute Gasteiger partial charge is 0.0597 e. The van der Waals surface area contributed by atoms with Gasteiger partial charge in [-0.05, 0) is 43.5 Å². The fourth-order valence-electron chi connectivity index (χ4n) is 2.19. The first-order valence-corrected chi connectivity index (χ1v) is 6.97. The number of benzene rings is 1. The third kappa shape index (κ3) is 3.37. The summed E-state index contributed by atoms with van der Waals surface area (Å²) in [5.74, 6) is 0.582. The molecule has 0 aliphatic heterocycles. The van der Waals surface area contributed by atoms with Crippen LogP contribution in [0.15, 0.2) is 30.3 Å². The van der Waals surface area contributed by atoms with Crippen molar-refractivity contribution in [3.8, 4) is 0 Å². The Bertz CT molecular complexity index is 523. The summed E-state index contributed by atoms with van der Waals surface area (Å²) < 4.78 is 2.05. The summed E-state index contributed by atoms with van der Waals surface area (Å²) in [6.07, 6.45) is 0. The lowest BCUT2D eigenvalue weighted by atomic mass is 10.0. The van der Waals surface area contributed by atoms with Gasteiger partial charge in [-0.2, -0.15) is 5.10 Å². The third-order valence-corrected chi connectivity index (χ3v) is 3.34. The van der Waals surface area contributed by atoms with E-state index in [1.165, 1.54) is 11.3 Å². The predicted octanol–water partition coefficient (Wildman–Crippen LogP) is 3.95. The first-order chi connectivity index (χ1) is 9.10. The van der Waals surface area contributed by atoms with E-state index in [9.17, 15) is 0 Å². The first kappa shape index (κ1) is 13.7. The van der Waals surface area contributed by atoms with Gasteiger partial charge in [0.15, 0.2) is 0 Å². The van der Waals surface area contributed by atoms with Crippen LogP contribution in [0.3, 0.4) is 0 Å². The Labute approximate surface area is 115 Å². The van der Waals surface area contributed by atoms with E-state index in [1.807, 2.05) is 11.6 Å². The number of hydrogen-bond acceptors (Lipinski definition) is 2. The van der Waals surface area contributed by atoms with E-state index >= 15 is 0 Å². The maximum atomic E-state index is 4.46. The molecule has 0 saturated heterocycles. The van der Waals surface area contributed by atoms with Gasteiger partial charge in [-0.1, -0.05) is 26.0 Å². The molecule has 102 valence electrons. The van der Waals surface area contributed by atoms with Gasteiger partial charge in [-0.3, -0.25) is 4.68 Å². The lowest BCUT2D eigenvalue weighted by Gasteiger charge is -2.10. The highest BCUT2D eigenvalue weighted by Crippen LogP contribution is 2.17. The van der Waals surface area contributed by atoms with Crippen molar-refractivity contribution in [3.63, 3.8) is 0 Å². The molecule has 0 atom stereocenters. The van der Waals surface area contributed by atoms with Gasteiger partial charge in [-0.25, -0.2) is 0 Å². The van der Waals surface area contributed by atoms with Gasteiger partial charge in [0, 0.05) is 12.2 Å². The summed E-state index contributed by atoms with van der Waals surface area (Å²) in [5, 5.41) is 7.91. The van der Waals surface area contributed by atoms with Crippen molar-refractivity contribution < 1.29 is 0 Å². The summed E-state index contributed by atoms with van der Waals surface area (Å²) in [5.41, 5.74) is 4.84. The van der Waals surface area contributed by atoms with Crippen LogP contribution in [0.5, 0.6) is 0 Å². The first-order valence-electron chi connectivity index (χ1n) is 6.97. The van der Waals surface area contributed by atoms with Crippen LogP contribution in [0.2, 0.25) is 0 Å². The van der Waals surface area contributed by atoms with Crippen LogP contribution in [0, 0.1) is 6.92 Å². The lowest BCUT2D eigenvalue weighted by Crippen LogP contribution is -2.07. The Hall–Kier alpha value is -1.77. The van der Waals surface area contributed by atoms with Crippen LogP contribution in [0.4, 0.5) is 5.69 Å². The largest absolute Gasteiger partial charge is 0.379 e. The number of nitrogens with zero attached hydrogens (tertiary/aromatic N) is 2. The second-order valence-electron chi connectivity index (χ2n) is 5.22. The van der Waals surface area contributed by atoms with Gasteiger partial charge in [0.2, 0.25) is 0 Å². The molecule has 1 N–H and O–H groups in total. The molecule has 0 unspecified atom stereocenters. The van der Waals surface area contributed by atoms with E-state index < -0.39 is 0 Å². The summed E-state index contributed by atoms with van der Waals surface area (Å²) in [4.78, 5) is 0. The van der Waals surface area contributed by atoms with Crippen molar-refractivity contribution in [2.45, 2.75) is 46.7 Å². The van der Waals surface area contributed by atoms with E-state index in [-0.39, 0.29) is 0 Å². The topological polar surface area (TPSA) is 29.9 Å². The highest BCUT2D eigenvalue weighted by molar-refractivity contribution is 5.45. The highest BCUT2D eigenvalue weighted by atomic mass is 15.3. The van der Waals surface area contributed by atoms with Crippen molar-refractivity contribution in [3.05, 3.63) is 47.3 Å². The molecule has 0 aliphatic carbocycles. The van der Waals surface area contributed by atoms with E-state index in [4.69, 9.17) is 0 Å². The van der Waals surface area contributed by atoms with Gasteiger partial charge >= 0.3 is 0 Å². The minimum atomic E-state index is 0.582. The monoisotopic (exact) mass is 257 g/mol. The molecule has 0 aliphatic rings. The zero-order chi connectivity index (χ0) is 13.8. The van der Waals surface area contributed by atoms with Gasteiger partial charge in [0.05, 0.1) is 17.9 Å². The molecule has 3 heteroatoms. The van der Waals surface area contributed by atoms with E-state index in [1.54, 1.807) is 0 Å². The Balaban J connectivity index is 2.01. The Morgan fingerprint density at radius 1 is 1.21 bits per heavy atom. The fourth-order valence-corrected chi connectivity index (χ4v) is 2.19. The zero-order valence-corrected chi connectivity index (χ0v) is 12.3. The molecule has 3 nitrogen and oxygen atoms in total. The Morgan fingerprint density at radius 3 is 2.47 bits per heavy atom. The molecule has 2 aromatic rings. The van der Waals surface area contributed by atoms with Crippen LogP contribution >= 0.6 is 0 Å². The van der Waals surface area contributed by atoms with Crippen LogP contribution in [0.1, 0.15) is 43.6 Å². The standard InChI is InChI=1S/C16H23N3/c1-5-19-16(10-13(4)18-19)11-17-15-8-6-14(7-9-15)12(2)3/h6-10,12,17H,5,11H2,1-4H3. The number of hydrogen-bond donors (Lipinski definition) is 1. The minimum absolute atomic E-state index is 0.582. The molecule has 19 heavy (non-hydrogen) atoms. The summed E-state index contributed by atoms with van der Waals surface area (Å²) >= 11 is 0. The molecular formula is C16H23N3. The van der Waals surface area contributed by atoms with Crippen molar-refractivity contribution >= 4 is 5.69 Å². The number of rotatable bonds is 5. The van der Waals surface area contributed by atoms with Crippen LogP contribution < -0.4 is 5.32 Å². The maximum absolute atomic E-state index is 4.46. The van der Waals surface area contributed by atoms with Crippen molar-refractivity contribution in [1.82, 2.24) is 9.78 Å². The Morgan fingerprint density at radius 2 is 1.89 bits per heavy atom. The Kier molecular flexibility index (Phi) is 4.25. The molecule has 1 aromatic heterocycles. The molecule has 1 heterocycles. The van der Waals surface area contributed by atoms with Gasteiger partial charge in [-0.15, -0.1) is 0 Å². The van der Waals surface area contributed by atoms with E-state index in [0.29, 0.717) is 5.92 Å². The molecule has 1 aromatic carbocycles. The molecule has 0 radical (unpaired) electrons. The average Bonchev–Trinajstić information content (AvgIpc) is 2.77. The third-order valence-electron chi connectivity index (χ3n) is 3.34. The molecular weight excluding hydrogens is 234 g/mol. The number of anilines is 1. The van der Waals surface area contributed by atoms with E-state index in [0.717, 1.165) is 24.5 Å². The van der Waals surface area contributed by atoms with Crippen molar-refractivity contribution in [2.75, 3.05) is 5.32 Å². The highest BCUT2D eigenvalue weighted by Gasteiger charge is 2.04. The van der Waals surface area contributed by atoms with E-state index in [2.05, 4.69) is 61.5 Å². The number of aryl methyl sites for hydroxylation is 2. The van der Waals surface area contributed by atoms with Crippen molar-refractivity contribution in [2.24, 2.45) is 0 Å².